The second-order valence-corrected chi connectivity index (χ2v) is 8.50. The Labute approximate surface area is 156 Å². The van der Waals surface area contributed by atoms with Gasteiger partial charge in [-0.05, 0) is 25.2 Å². The first kappa shape index (κ1) is 22.0. The van der Waals surface area contributed by atoms with Crippen LogP contribution in [0.2, 0.25) is 0 Å². The molecule has 1 fully saturated rings. The lowest BCUT2D eigenvalue weighted by atomic mass is 9.97. The summed E-state index contributed by atoms with van der Waals surface area (Å²) in [5.41, 5.74) is 0. The van der Waals surface area contributed by atoms with Crippen molar-refractivity contribution >= 4 is 17.4 Å². The zero-order chi connectivity index (χ0) is 17.5. The first-order valence-electron chi connectivity index (χ1n) is 10.9. The van der Waals surface area contributed by atoms with Crippen LogP contribution < -0.4 is 0 Å². The van der Waals surface area contributed by atoms with Gasteiger partial charge in [0.1, 0.15) is 5.78 Å². The molecule has 1 nitrogen and oxygen atoms in total. The zero-order valence-electron chi connectivity index (χ0n) is 16.2. The van der Waals surface area contributed by atoms with Crippen LogP contribution in [0.4, 0.5) is 0 Å². The summed E-state index contributed by atoms with van der Waals surface area (Å²) in [6.45, 7) is 2.28. The van der Waals surface area contributed by atoms with Crippen LogP contribution >= 0.6 is 11.6 Å². The SMILES string of the molecule is CCCCCCCCCCCCCCC(=O)CC(Cl)C1CCCC1. The number of carbonyl (C=O) groups excluding carboxylic acids is 1. The molecule has 0 aliphatic heterocycles. The van der Waals surface area contributed by atoms with Crippen molar-refractivity contribution in [3.8, 4) is 0 Å². The molecule has 0 heterocycles. The number of alkyl halides is 1. The van der Waals surface area contributed by atoms with Gasteiger partial charge in [-0.3, -0.25) is 4.79 Å². The molecular weight excluding hydrogens is 316 g/mol. The Bertz CT molecular complexity index is 296. The Hall–Kier alpha value is -0.0400. The molecule has 1 rings (SSSR count). The van der Waals surface area contributed by atoms with E-state index in [-0.39, 0.29) is 5.38 Å². The van der Waals surface area contributed by atoms with Crippen molar-refractivity contribution in [1.29, 1.82) is 0 Å². The Balaban J connectivity index is 1.81. The Morgan fingerprint density at radius 3 is 1.79 bits per heavy atom. The van der Waals surface area contributed by atoms with Gasteiger partial charge in [0.2, 0.25) is 0 Å². The second-order valence-electron chi connectivity index (χ2n) is 7.94. The lowest BCUT2D eigenvalue weighted by Gasteiger charge is -2.15. The van der Waals surface area contributed by atoms with Crippen molar-refractivity contribution in [2.75, 3.05) is 0 Å². The highest BCUT2D eigenvalue weighted by atomic mass is 35.5. The third-order valence-corrected chi connectivity index (χ3v) is 6.15. The fourth-order valence-corrected chi connectivity index (χ4v) is 4.39. The minimum atomic E-state index is 0.109. The number of halogens is 1. The quantitative estimate of drug-likeness (QED) is 0.203. The predicted molar refractivity (Wildman–Crippen MR) is 107 cm³/mol. The number of rotatable bonds is 16. The van der Waals surface area contributed by atoms with Crippen molar-refractivity contribution in [2.45, 2.75) is 128 Å². The number of hydrogen-bond donors (Lipinski definition) is 0. The monoisotopic (exact) mass is 356 g/mol. The minimum Gasteiger partial charge on any atom is -0.300 e. The summed E-state index contributed by atoms with van der Waals surface area (Å²) in [6.07, 6.45) is 22.6. The average molecular weight is 357 g/mol. The van der Waals surface area contributed by atoms with E-state index in [1.54, 1.807) is 0 Å². The molecule has 24 heavy (non-hydrogen) atoms. The van der Waals surface area contributed by atoms with Crippen LogP contribution in [0.3, 0.4) is 0 Å². The van der Waals surface area contributed by atoms with Crippen LogP contribution in [0.1, 0.15) is 122 Å². The Morgan fingerprint density at radius 2 is 1.29 bits per heavy atom. The molecule has 0 aromatic heterocycles. The van der Waals surface area contributed by atoms with Gasteiger partial charge in [-0.15, -0.1) is 11.6 Å². The molecule has 1 saturated carbocycles. The highest BCUT2D eigenvalue weighted by Gasteiger charge is 2.24. The van der Waals surface area contributed by atoms with Gasteiger partial charge in [0.05, 0.1) is 0 Å². The standard InChI is InChI=1S/C22H41ClO/c1-2-3-4-5-6-7-8-9-10-11-12-13-18-21(24)19-22(23)20-16-14-15-17-20/h20,22H,2-19H2,1H3. The molecule has 142 valence electrons. The van der Waals surface area contributed by atoms with Gasteiger partial charge in [0.15, 0.2) is 0 Å². The van der Waals surface area contributed by atoms with Crippen molar-refractivity contribution in [1.82, 2.24) is 0 Å². The maximum absolute atomic E-state index is 12.0. The van der Waals surface area contributed by atoms with Crippen LogP contribution in [0, 0.1) is 5.92 Å². The Morgan fingerprint density at radius 1 is 0.833 bits per heavy atom. The summed E-state index contributed by atoms with van der Waals surface area (Å²) >= 11 is 6.41. The Kier molecular flexibility index (Phi) is 14.0. The predicted octanol–water partition coefficient (Wildman–Crippen LogP) is 7.83. The van der Waals surface area contributed by atoms with Gasteiger partial charge in [-0.2, -0.15) is 0 Å². The molecule has 0 aromatic carbocycles. The maximum atomic E-state index is 12.0. The van der Waals surface area contributed by atoms with Gasteiger partial charge in [-0.25, -0.2) is 0 Å². The van der Waals surface area contributed by atoms with E-state index in [1.165, 1.54) is 96.3 Å². The number of Topliss-reactive ketones (excluding diaryl/α,β-unsaturated/α-hetero) is 1. The van der Waals surface area contributed by atoms with Crippen LogP contribution in [-0.2, 0) is 4.79 Å². The second kappa shape index (κ2) is 15.2. The third-order valence-electron chi connectivity index (χ3n) is 5.64. The van der Waals surface area contributed by atoms with E-state index in [4.69, 9.17) is 11.6 Å². The van der Waals surface area contributed by atoms with Crippen molar-refractivity contribution in [2.24, 2.45) is 5.92 Å². The van der Waals surface area contributed by atoms with Crippen LogP contribution in [-0.4, -0.2) is 11.2 Å². The van der Waals surface area contributed by atoms with Crippen LogP contribution in [0.25, 0.3) is 0 Å². The van der Waals surface area contributed by atoms with E-state index in [1.807, 2.05) is 0 Å². The first-order valence-corrected chi connectivity index (χ1v) is 11.3. The normalized spacial score (nSPS) is 16.6. The van der Waals surface area contributed by atoms with Crippen LogP contribution in [0.5, 0.6) is 0 Å². The minimum absolute atomic E-state index is 0.109. The van der Waals surface area contributed by atoms with E-state index in [0.717, 1.165) is 12.8 Å². The summed E-state index contributed by atoms with van der Waals surface area (Å²) in [7, 11) is 0. The van der Waals surface area contributed by atoms with Crippen LogP contribution in [0.15, 0.2) is 0 Å². The maximum Gasteiger partial charge on any atom is 0.134 e. The molecule has 1 aliphatic rings. The third kappa shape index (κ3) is 11.5. The topological polar surface area (TPSA) is 17.1 Å². The summed E-state index contributed by atoms with van der Waals surface area (Å²) in [5.74, 6) is 1.01. The smallest absolute Gasteiger partial charge is 0.134 e. The highest BCUT2D eigenvalue weighted by molar-refractivity contribution is 6.22. The first-order chi connectivity index (χ1) is 11.7. The molecule has 0 radical (unpaired) electrons. The average Bonchev–Trinajstić information content (AvgIpc) is 3.10. The van der Waals surface area contributed by atoms with E-state index >= 15 is 0 Å². The molecular formula is C22H41ClO. The highest BCUT2D eigenvalue weighted by Crippen LogP contribution is 2.32. The summed E-state index contributed by atoms with van der Waals surface area (Å²) < 4.78 is 0. The fraction of sp³-hybridized carbons (Fsp3) is 0.955. The lowest BCUT2D eigenvalue weighted by Crippen LogP contribution is -2.16. The largest absolute Gasteiger partial charge is 0.300 e. The molecule has 0 aromatic rings. The molecule has 1 unspecified atom stereocenters. The number of unbranched alkanes of at least 4 members (excludes halogenated alkanes) is 11. The fourth-order valence-electron chi connectivity index (χ4n) is 3.97. The molecule has 0 N–H and O–H groups in total. The van der Waals surface area contributed by atoms with Crippen molar-refractivity contribution < 1.29 is 4.79 Å². The molecule has 0 saturated heterocycles. The van der Waals surface area contributed by atoms with Gasteiger partial charge in [0, 0.05) is 18.2 Å². The van der Waals surface area contributed by atoms with E-state index < -0.39 is 0 Å². The number of hydrogen-bond acceptors (Lipinski definition) is 1. The van der Waals surface area contributed by atoms with E-state index in [0.29, 0.717) is 18.1 Å². The molecule has 0 spiro atoms. The van der Waals surface area contributed by atoms with Gasteiger partial charge < -0.3 is 0 Å². The molecule has 1 aliphatic carbocycles. The molecule has 0 amide bonds. The molecule has 0 bridgehead atoms. The lowest BCUT2D eigenvalue weighted by molar-refractivity contribution is -0.119. The molecule has 2 heteroatoms. The summed E-state index contributed by atoms with van der Waals surface area (Å²) in [6, 6.07) is 0. The zero-order valence-corrected chi connectivity index (χ0v) is 16.9. The van der Waals surface area contributed by atoms with E-state index in [2.05, 4.69) is 6.92 Å². The number of carbonyl (C=O) groups is 1. The van der Waals surface area contributed by atoms with Gasteiger partial charge in [0.25, 0.3) is 0 Å². The van der Waals surface area contributed by atoms with Crippen molar-refractivity contribution in [3.63, 3.8) is 0 Å². The van der Waals surface area contributed by atoms with E-state index in [9.17, 15) is 4.79 Å². The van der Waals surface area contributed by atoms with Gasteiger partial charge >= 0.3 is 0 Å². The number of ketones is 1. The summed E-state index contributed by atoms with van der Waals surface area (Å²) in [5, 5.41) is 0.109. The van der Waals surface area contributed by atoms with Gasteiger partial charge in [-0.1, -0.05) is 90.4 Å². The summed E-state index contributed by atoms with van der Waals surface area (Å²) in [4.78, 5) is 12.0. The van der Waals surface area contributed by atoms with Crippen molar-refractivity contribution in [3.05, 3.63) is 0 Å². The molecule has 1 atom stereocenters.